The molecule has 0 aliphatic carbocycles. The van der Waals surface area contributed by atoms with Crippen molar-refractivity contribution < 1.29 is 4.92 Å². The molecule has 2 rings (SSSR count). The molecule has 5 nitrogen and oxygen atoms in total. The van der Waals surface area contributed by atoms with Crippen molar-refractivity contribution in [3.05, 3.63) is 62.4 Å². The standard InChI is InChI=1S/C15H16N2O3S/c1-10(2)16-14(7-6-12(9-21)15(16)18)11-4-3-5-13(8-11)17(19)20/h3-8,10,21H,9H2,1-2H3. The highest BCUT2D eigenvalue weighted by atomic mass is 32.1. The fourth-order valence-corrected chi connectivity index (χ4v) is 2.48. The van der Waals surface area contributed by atoms with Crippen molar-refractivity contribution in [1.82, 2.24) is 4.57 Å². The summed E-state index contributed by atoms with van der Waals surface area (Å²) < 4.78 is 1.64. The van der Waals surface area contributed by atoms with Crippen molar-refractivity contribution in [1.29, 1.82) is 0 Å². The zero-order valence-electron chi connectivity index (χ0n) is 11.8. The van der Waals surface area contributed by atoms with Gasteiger partial charge >= 0.3 is 0 Å². The maximum Gasteiger partial charge on any atom is 0.270 e. The van der Waals surface area contributed by atoms with Gasteiger partial charge in [0.1, 0.15) is 0 Å². The van der Waals surface area contributed by atoms with Crippen LogP contribution in [-0.2, 0) is 5.75 Å². The van der Waals surface area contributed by atoms with E-state index in [1.807, 2.05) is 19.9 Å². The second kappa shape index (κ2) is 6.13. The number of thiol groups is 1. The largest absolute Gasteiger partial charge is 0.306 e. The summed E-state index contributed by atoms with van der Waals surface area (Å²) in [6.07, 6.45) is 0. The summed E-state index contributed by atoms with van der Waals surface area (Å²) in [6, 6.07) is 9.79. The van der Waals surface area contributed by atoms with Crippen LogP contribution in [0.3, 0.4) is 0 Å². The van der Waals surface area contributed by atoms with Crippen LogP contribution in [0.15, 0.2) is 41.2 Å². The molecule has 0 radical (unpaired) electrons. The van der Waals surface area contributed by atoms with Crippen molar-refractivity contribution in [2.45, 2.75) is 25.6 Å². The number of hydrogen-bond donors (Lipinski definition) is 1. The molecule has 0 unspecified atom stereocenters. The first-order chi connectivity index (χ1) is 9.95. The summed E-state index contributed by atoms with van der Waals surface area (Å²) in [5.74, 6) is 0.362. The SMILES string of the molecule is CC(C)n1c(-c2cccc([N+](=O)[O-])c2)ccc(CS)c1=O. The molecular weight excluding hydrogens is 288 g/mol. The Morgan fingerprint density at radius 1 is 1.29 bits per heavy atom. The van der Waals surface area contributed by atoms with E-state index in [9.17, 15) is 14.9 Å². The first-order valence-electron chi connectivity index (χ1n) is 6.55. The van der Waals surface area contributed by atoms with E-state index in [4.69, 9.17) is 0 Å². The lowest BCUT2D eigenvalue weighted by Crippen LogP contribution is -2.26. The predicted molar refractivity (Wildman–Crippen MR) is 85.9 cm³/mol. The lowest BCUT2D eigenvalue weighted by atomic mass is 10.1. The minimum atomic E-state index is -0.441. The second-order valence-corrected chi connectivity index (χ2v) is 5.29. The van der Waals surface area contributed by atoms with Gasteiger partial charge in [-0.2, -0.15) is 12.6 Å². The van der Waals surface area contributed by atoms with Crippen LogP contribution in [0.5, 0.6) is 0 Å². The first-order valence-corrected chi connectivity index (χ1v) is 7.19. The summed E-state index contributed by atoms with van der Waals surface area (Å²) >= 11 is 4.16. The van der Waals surface area contributed by atoms with E-state index in [0.717, 1.165) is 0 Å². The van der Waals surface area contributed by atoms with E-state index in [1.54, 1.807) is 22.8 Å². The summed E-state index contributed by atoms with van der Waals surface area (Å²) in [7, 11) is 0. The number of nitrogens with zero attached hydrogens (tertiary/aromatic N) is 2. The summed E-state index contributed by atoms with van der Waals surface area (Å²) in [6.45, 7) is 3.81. The molecule has 1 aromatic heterocycles. The molecule has 6 heteroatoms. The molecule has 0 saturated heterocycles. The van der Waals surface area contributed by atoms with Gasteiger partial charge in [0.25, 0.3) is 11.2 Å². The van der Waals surface area contributed by atoms with Gasteiger partial charge in [0, 0.05) is 35.1 Å². The third-order valence-electron chi connectivity index (χ3n) is 3.23. The summed E-state index contributed by atoms with van der Waals surface area (Å²) in [5.41, 5.74) is 1.84. The van der Waals surface area contributed by atoms with E-state index in [1.165, 1.54) is 12.1 Å². The van der Waals surface area contributed by atoms with Crippen LogP contribution in [0.2, 0.25) is 0 Å². The van der Waals surface area contributed by atoms with Crippen molar-refractivity contribution >= 4 is 18.3 Å². The zero-order chi connectivity index (χ0) is 15.6. The topological polar surface area (TPSA) is 65.1 Å². The van der Waals surface area contributed by atoms with Gasteiger partial charge in [-0.3, -0.25) is 14.9 Å². The maximum absolute atomic E-state index is 12.4. The van der Waals surface area contributed by atoms with E-state index >= 15 is 0 Å². The quantitative estimate of drug-likeness (QED) is 0.534. The number of pyridine rings is 1. The maximum atomic E-state index is 12.4. The average Bonchev–Trinajstić information content (AvgIpc) is 2.46. The summed E-state index contributed by atoms with van der Waals surface area (Å²) in [4.78, 5) is 22.9. The van der Waals surface area contributed by atoms with Crippen LogP contribution < -0.4 is 5.56 Å². The minimum Gasteiger partial charge on any atom is -0.306 e. The Morgan fingerprint density at radius 2 is 2.00 bits per heavy atom. The van der Waals surface area contributed by atoms with Crippen molar-refractivity contribution in [2.75, 3.05) is 0 Å². The second-order valence-electron chi connectivity index (χ2n) is 4.98. The van der Waals surface area contributed by atoms with Gasteiger partial charge in [-0.1, -0.05) is 18.2 Å². The zero-order valence-corrected chi connectivity index (χ0v) is 12.7. The minimum absolute atomic E-state index is 0.00790. The Hall–Kier alpha value is -2.08. The number of hydrogen-bond acceptors (Lipinski definition) is 4. The molecule has 0 spiro atoms. The molecule has 0 saturated carbocycles. The van der Waals surface area contributed by atoms with Gasteiger partial charge < -0.3 is 4.57 Å². The molecule has 0 amide bonds. The lowest BCUT2D eigenvalue weighted by Gasteiger charge is -2.17. The van der Waals surface area contributed by atoms with Crippen molar-refractivity contribution in [3.8, 4) is 11.3 Å². The predicted octanol–water partition coefficient (Wildman–Crippen LogP) is 3.43. The van der Waals surface area contributed by atoms with Crippen molar-refractivity contribution in [2.24, 2.45) is 0 Å². The Balaban J connectivity index is 2.69. The van der Waals surface area contributed by atoms with Crippen LogP contribution in [-0.4, -0.2) is 9.49 Å². The van der Waals surface area contributed by atoms with E-state index in [2.05, 4.69) is 12.6 Å². The fraction of sp³-hybridized carbons (Fsp3) is 0.267. The number of benzene rings is 1. The fourth-order valence-electron chi connectivity index (χ4n) is 2.24. The van der Waals surface area contributed by atoms with Crippen LogP contribution in [0.1, 0.15) is 25.5 Å². The molecule has 0 fully saturated rings. The molecule has 0 atom stereocenters. The lowest BCUT2D eigenvalue weighted by molar-refractivity contribution is -0.384. The van der Waals surface area contributed by atoms with Gasteiger partial charge in [0.15, 0.2) is 0 Å². The van der Waals surface area contributed by atoms with Crippen LogP contribution in [0, 0.1) is 10.1 Å². The summed E-state index contributed by atoms with van der Waals surface area (Å²) in [5, 5.41) is 10.9. The van der Waals surface area contributed by atoms with Crippen LogP contribution in [0.25, 0.3) is 11.3 Å². The molecule has 1 aromatic carbocycles. The molecule has 0 aliphatic rings. The third-order valence-corrected chi connectivity index (χ3v) is 3.58. The van der Waals surface area contributed by atoms with E-state index < -0.39 is 4.92 Å². The smallest absolute Gasteiger partial charge is 0.270 e. The molecule has 0 N–H and O–H groups in total. The van der Waals surface area contributed by atoms with E-state index in [0.29, 0.717) is 22.6 Å². The third kappa shape index (κ3) is 3.00. The highest BCUT2D eigenvalue weighted by molar-refractivity contribution is 7.79. The molecule has 110 valence electrons. The average molecular weight is 304 g/mol. The van der Waals surface area contributed by atoms with Crippen LogP contribution in [0.4, 0.5) is 5.69 Å². The molecule has 1 heterocycles. The van der Waals surface area contributed by atoms with Crippen LogP contribution >= 0.6 is 12.6 Å². The molecule has 0 aliphatic heterocycles. The number of non-ortho nitro benzene ring substituents is 1. The highest BCUT2D eigenvalue weighted by Gasteiger charge is 2.14. The van der Waals surface area contributed by atoms with Gasteiger partial charge in [0.05, 0.1) is 10.6 Å². The molecule has 2 aromatic rings. The first kappa shape index (κ1) is 15.3. The number of nitro groups is 1. The van der Waals surface area contributed by atoms with Gasteiger partial charge in [-0.05, 0) is 19.9 Å². The van der Waals surface area contributed by atoms with E-state index in [-0.39, 0.29) is 17.3 Å². The van der Waals surface area contributed by atoms with Crippen molar-refractivity contribution in [3.63, 3.8) is 0 Å². The van der Waals surface area contributed by atoms with Gasteiger partial charge in [0.2, 0.25) is 0 Å². The van der Waals surface area contributed by atoms with Gasteiger partial charge in [-0.25, -0.2) is 0 Å². The Kier molecular flexibility index (Phi) is 4.47. The number of aromatic nitrogens is 1. The molecule has 0 bridgehead atoms. The Morgan fingerprint density at radius 3 is 2.57 bits per heavy atom. The molecule has 21 heavy (non-hydrogen) atoms. The van der Waals surface area contributed by atoms with Gasteiger partial charge in [-0.15, -0.1) is 0 Å². The highest BCUT2D eigenvalue weighted by Crippen LogP contribution is 2.25. The Labute approximate surface area is 127 Å². The monoisotopic (exact) mass is 304 g/mol. The number of nitro benzene ring substituents is 1. The normalized spacial score (nSPS) is 10.9. The Bertz CT molecular complexity index is 738. The molecular formula is C15H16N2O3S. The number of rotatable bonds is 4.